The number of nitrogens with zero attached hydrogens (tertiary/aromatic N) is 5. The molecule has 1 aromatic heterocycles. The summed E-state index contributed by atoms with van der Waals surface area (Å²) in [6.07, 6.45) is -12.8. The number of alkyl halides is 8. The molecule has 2 aromatic rings. The lowest BCUT2D eigenvalue weighted by molar-refractivity contribution is -0.292. The van der Waals surface area contributed by atoms with Crippen molar-refractivity contribution in [2.24, 2.45) is 5.41 Å². The van der Waals surface area contributed by atoms with Crippen molar-refractivity contribution in [3.8, 4) is 6.07 Å². The molecule has 1 amide bonds. The van der Waals surface area contributed by atoms with Crippen LogP contribution in [0.3, 0.4) is 0 Å². The molecule has 300 valence electrons. The predicted octanol–water partition coefficient (Wildman–Crippen LogP) is 6.49. The van der Waals surface area contributed by atoms with E-state index in [2.05, 4.69) is 5.10 Å². The summed E-state index contributed by atoms with van der Waals surface area (Å²) in [5.41, 5.74) is -7.27. The van der Waals surface area contributed by atoms with Crippen molar-refractivity contribution in [2.75, 3.05) is 38.5 Å². The van der Waals surface area contributed by atoms with Crippen LogP contribution in [-0.2, 0) is 35.9 Å². The number of hydrogen-bond donors (Lipinski definition) is 2. The molecule has 14 nitrogen and oxygen atoms in total. The first kappa shape index (κ1) is 42.6. The third-order valence-corrected chi connectivity index (χ3v) is 8.61. The second kappa shape index (κ2) is 15.5. The molecule has 0 radical (unpaired) electrons. The minimum Gasteiger partial charge on any atom is -0.481 e. The van der Waals surface area contributed by atoms with E-state index in [9.17, 15) is 59.6 Å². The molecule has 1 aliphatic carbocycles. The van der Waals surface area contributed by atoms with Gasteiger partial charge in [-0.05, 0) is 36.1 Å². The second-order valence-electron chi connectivity index (χ2n) is 13.3. The van der Waals surface area contributed by atoms with Gasteiger partial charge >= 0.3 is 36.4 Å². The van der Waals surface area contributed by atoms with E-state index < -0.39 is 83.5 Å². The molecule has 2 heterocycles. The van der Waals surface area contributed by atoms with E-state index in [4.69, 9.17) is 30.9 Å². The van der Waals surface area contributed by atoms with E-state index in [1.54, 1.807) is 18.9 Å². The van der Waals surface area contributed by atoms with E-state index in [1.807, 2.05) is 6.07 Å². The van der Waals surface area contributed by atoms with E-state index in [0.29, 0.717) is 5.01 Å². The molecule has 4 rings (SSSR count). The van der Waals surface area contributed by atoms with Crippen LogP contribution in [0.1, 0.15) is 66.7 Å². The number of halogens is 9. The first-order chi connectivity index (χ1) is 25.3. The van der Waals surface area contributed by atoms with Gasteiger partial charge in [-0.2, -0.15) is 45.5 Å². The number of carboxylic acids is 1. The number of benzene rings is 1. The zero-order valence-corrected chi connectivity index (χ0v) is 29.7. The van der Waals surface area contributed by atoms with Crippen LogP contribution < -0.4 is 5.01 Å². The maximum Gasteiger partial charge on any atom is 0.510 e. The molecule has 0 atom stereocenters. The van der Waals surface area contributed by atoms with E-state index in [1.165, 1.54) is 25.2 Å². The van der Waals surface area contributed by atoms with Crippen LogP contribution in [0.2, 0.25) is 5.02 Å². The van der Waals surface area contributed by atoms with Crippen LogP contribution >= 0.6 is 11.6 Å². The van der Waals surface area contributed by atoms with Gasteiger partial charge in [0.15, 0.2) is 18.2 Å². The fourth-order valence-corrected chi connectivity index (χ4v) is 5.32. The van der Waals surface area contributed by atoms with Gasteiger partial charge in [0.05, 0.1) is 36.1 Å². The number of carboxylic acid groups (broad SMARTS) is 1. The zero-order chi connectivity index (χ0) is 41.3. The van der Waals surface area contributed by atoms with Gasteiger partial charge in [-0.25, -0.2) is 9.80 Å². The molecule has 1 aromatic carbocycles. The maximum absolute atomic E-state index is 14.1. The summed E-state index contributed by atoms with van der Waals surface area (Å²) in [5, 5.41) is 24.4. The highest BCUT2D eigenvalue weighted by Crippen LogP contribution is 2.50. The number of likely N-dealkylation sites (N-methyl/N-ethyl adjacent to an activating group) is 1. The first-order valence-electron chi connectivity index (χ1n) is 15.9. The number of nitriles is 1. The number of hydrogen-bond acceptors (Lipinski definition) is 11. The number of aromatic amines is 1. The molecule has 23 heteroatoms. The number of amides is 1. The van der Waals surface area contributed by atoms with Crippen LogP contribution in [-0.4, -0.2) is 94.5 Å². The van der Waals surface area contributed by atoms with E-state index in [0.717, 1.165) is 16.1 Å². The number of nitrogens with one attached hydrogen (secondary N) is 1. The van der Waals surface area contributed by atoms with Crippen molar-refractivity contribution >= 4 is 47.0 Å². The van der Waals surface area contributed by atoms with Crippen LogP contribution in [0.25, 0.3) is 5.57 Å². The number of hydrazine groups is 1. The Bertz CT molecular complexity index is 1900. The van der Waals surface area contributed by atoms with E-state index in [-0.39, 0.29) is 60.7 Å². The van der Waals surface area contributed by atoms with Crippen LogP contribution in [0, 0.1) is 16.7 Å². The monoisotopic (exact) mass is 814 g/mol. The van der Waals surface area contributed by atoms with Crippen molar-refractivity contribution < 1.29 is 73.6 Å². The van der Waals surface area contributed by atoms with Crippen LogP contribution in [0.4, 0.5) is 45.7 Å². The van der Waals surface area contributed by atoms with Gasteiger partial charge in [-0.3, -0.25) is 29.4 Å². The molecule has 2 N–H and O–H groups in total. The number of carbonyl (C=O) groups is 4. The highest BCUT2D eigenvalue weighted by molar-refractivity contribution is 6.34. The number of aromatic nitrogens is 2. The third kappa shape index (κ3) is 9.56. The number of anilines is 1. The highest BCUT2D eigenvalue weighted by atomic mass is 35.5. The molecule has 0 saturated heterocycles. The number of rotatable bonds is 14. The summed E-state index contributed by atoms with van der Waals surface area (Å²) in [6.45, 7) is 1.47. The number of H-pyrrole nitrogens is 1. The van der Waals surface area contributed by atoms with E-state index >= 15 is 0 Å². The molecule has 0 bridgehead atoms. The van der Waals surface area contributed by atoms with Gasteiger partial charge < -0.3 is 19.3 Å². The molecule has 1 aliphatic heterocycles. The Labute approximate surface area is 311 Å². The summed E-state index contributed by atoms with van der Waals surface area (Å²) in [7, 11) is 1.20. The lowest BCUT2D eigenvalue weighted by Gasteiger charge is -2.28. The molecular formula is C32H31ClF8N6O8. The topological polar surface area (TPSA) is 178 Å². The second-order valence-corrected chi connectivity index (χ2v) is 13.7. The fourth-order valence-electron chi connectivity index (χ4n) is 5.12. The lowest BCUT2D eigenvalue weighted by Crippen LogP contribution is -2.43. The SMILES string of the molecule is CN1CC(c2ccc(Cl)c(C(=O)N(COC(=O)OCC(C)(C)COC(=O)CCC(=O)O)C3(C#N)CC3)c2)=CN1c1[nH]nc(C(F)(F)C(F)(F)F)c1C(F)(F)F. The number of ether oxygens (including phenoxy) is 3. The molecule has 55 heavy (non-hydrogen) atoms. The number of carbonyl (C=O) groups excluding carboxylic acids is 3. The fraction of sp³-hybridized carbons (Fsp3) is 0.500. The standard InChI is InChI=1S/C32H31ClF8N6O8/c1-28(2,14-53-22(50)7-6-21(48)49)15-54-27(52)55-16-46(29(13-42)8-9-29)26(51)19-10-17(4-5-20(19)33)18-11-45(3)47(12-18)25-23(31(36,37)38)24(43-44-25)30(34,35)32(39,40)41/h4-5,10,12H,6-9,11,14-16H2,1-3H3,(H,43,44)(H,48,49). The lowest BCUT2D eigenvalue weighted by atomic mass is 9.96. The van der Waals surface area contributed by atoms with Gasteiger partial charge in [0.25, 0.3) is 5.91 Å². The number of aliphatic carboxylic acids is 1. The normalized spacial score (nSPS) is 15.9. The van der Waals surface area contributed by atoms with Crippen molar-refractivity contribution in [3.63, 3.8) is 0 Å². The van der Waals surface area contributed by atoms with Gasteiger partial charge in [-0.15, -0.1) is 0 Å². The van der Waals surface area contributed by atoms with Crippen molar-refractivity contribution in [3.05, 3.63) is 51.8 Å². The Hall–Kier alpha value is -5.17. The quantitative estimate of drug-likeness (QED) is 0.121. The first-order valence-corrected chi connectivity index (χ1v) is 16.2. The maximum atomic E-state index is 14.1. The highest BCUT2D eigenvalue weighted by Gasteiger charge is 2.64. The van der Waals surface area contributed by atoms with Gasteiger partial charge in [0, 0.05) is 25.2 Å². The average molecular weight is 815 g/mol. The number of esters is 1. The summed E-state index contributed by atoms with van der Waals surface area (Å²) < 4.78 is 125. The van der Waals surface area contributed by atoms with Gasteiger partial charge in [0.1, 0.15) is 17.7 Å². The summed E-state index contributed by atoms with van der Waals surface area (Å²) in [4.78, 5) is 49.7. The summed E-state index contributed by atoms with van der Waals surface area (Å²) in [6, 6.07) is 5.77. The molecule has 0 spiro atoms. The molecule has 0 unspecified atom stereocenters. The predicted molar refractivity (Wildman–Crippen MR) is 171 cm³/mol. The molecule has 1 saturated carbocycles. The Morgan fingerprint density at radius 1 is 1.04 bits per heavy atom. The van der Waals surface area contributed by atoms with Crippen molar-refractivity contribution in [2.45, 2.75) is 63.3 Å². The zero-order valence-electron chi connectivity index (χ0n) is 28.9. The van der Waals surface area contributed by atoms with Crippen LogP contribution in [0.15, 0.2) is 24.4 Å². The molecular weight excluding hydrogens is 784 g/mol. The molecule has 2 aliphatic rings. The molecule has 1 fully saturated rings. The summed E-state index contributed by atoms with van der Waals surface area (Å²) >= 11 is 6.34. The largest absolute Gasteiger partial charge is 0.510 e. The van der Waals surface area contributed by atoms with Crippen LogP contribution in [0.5, 0.6) is 0 Å². The minimum atomic E-state index is -6.39. The Morgan fingerprint density at radius 3 is 2.24 bits per heavy atom. The Balaban J connectivity index is 1.53. The smallest absolute Gasteiger partial charge is 0.481 e. The van der Waals surface area contributed by atoms with Crippen molar-refractivity contribution in [1.82, 2.24) is 20.1 Å². The Kier molecular flexibility index (Phi) is 12.0. The summed E-state index contributed by atoms with van der Waals surface area (Å²) in [5.74, 6) is -10.1. The average Bonchev–Trinajstić information content (AvgIpc) is 3.56. The third-order valence-electron chi connectivity index (χ3n) is 8.28. The Morgan fingerprint density at radius 2 is 1.67 bits per heavy atom. The minimum absolute atomic E-state index is 0.142. The van der Waals surface area contributed by atoms with Crippen molar-refractivity contribution in [1.29, 1.82) is 5.26 Å². The van der Waals surface area contributed by atoms with Gasteiger partial charge in [0.2, 0.25) is 0 Å². The van der Waals surface area contributed by atoms with Gasteiger partial charge in [-0.1, -0.05) is 31.5 Å².